The number of thiophene rings is 1. The molecule has 8 heteroatoms. The molecule has 0 unspecified atom stereocenters. The van der Waals surface area contributed by atoms with E-state index in [1.54, 1.807) is 23.3 Å². The summed E-state index contributed by atoms with van der Waals surface area (Å²) in [6, 6.07) is 3.83. The summed E-state index contributed by atoms with van der Waals surface area (Å²) in [5, 5.41) is 12.5. The first kappa shape index (κ1) is 14.0. The molecule has 2 heterocycles. The van der Waals surface area contributed by atoms with Crippen LogP contribution in [0.25, 0.3) is 0 Å². The number of nitrogens with one attached hydrogen (secondary N) is 1. The second-order valence-corrected chi connectivity index (χ2v) is 8.27. The Morgan fingerprint density at radius 2 is 2.25 bits per heavy atom. The maximum atomic E-state index is 12.1. The van der Waals surface area contributed by atoms with Crippen LogP contribution in [-0.2, 0) is 6.54 Å². The van der Waals surface area contributed by atoms with Crippen molar-refractivity contribution in [3.05, 3.63) is 25.8 Å². The van der Waals surface area contributed by atoms with E-state index in [0.29, 0.717) is 17.6 Å². The zero-order valence-electron chi connectivity index (χ0n) is 10.8. The Morgan fingerprint density at radius 3 is 2.90 bits per heavy atom. The molecular formula is C12H13BrN4OS2. The lowest BCUT2D eigenvalue weighted by Crippen LogP contribution is -2.30. The predicted molar refractivity (Wildman–Crippen MR) is 84.4 cm³/mol. The highest BCUT2D eigenvalue weighted by atomic mass is 79.9. The summed E-state index contributed by atoms with van der Waals surface area (Å²) in [6.07, 6.45) is 2.38. The highest BCUT2D eigenvalue weighted by molar-refractivity contribution is 9.11. The molecule has 0 saturated heterocycles. The van der Waals surface area contributed by atoms with Crippen molar-refractivity contribution < 1.29 is 4.79 Å². The van der Waals surface area contributed by atoms with Gasteiger partial charge in [0.2, 0.25) is 5.13 Å². The van der Waals surface area contributed by atoms with Gasteiger partial charge in [-0.3, -0.25) is 5.32 Å². The van der Waals surface area contributed by atoms with E-state index in [2.05, 4.69) is 31.4 Å². The van der Waals surface area contributed by atoms with Crippen LogP contribution in [-0.4, -0.2) is 28.2 Å². The number of amides is 2. The zero-order chi connectivity index (χ0) is 14.1. The third kappa shape index (κ3) is 3.36. The van der Waals surface area contributed by atoms with Crippen LogP contribution in [0.15, 0.2) is 15.9 Å². The Hall–Kier alpha value is -0.990. The molecule has 2 aromatic rings. The van der Waals surface area contributed by atoms with Gasteiger partial charge < -0.3 is 4.90 Å². The third-order valence-electron chi connectivity index (χ3n) is 2.95. The van der Waals surface area contributed by atoms with Crippen LogP contribution in [0.5, 0.6) is 0 Å². The Morgan fingerprint density at radius 1 is 1.45 bits per heavy atom. The first-order valence-electron chi connectivity index (χ1n) is 6.21. The smallest absolute Gasteiger partial charge is 0.322 e. The van der Waals surface area contributed by atoms with Crippen molar-refractivity contribution in [1.29, 1.82) is 0 Å². The van der Waals surface area contributed by atoms with Crippen molar-refractivity contribution in [1.82, 2.24) is 15.1 Å². The number of hydrogen-bond acceptors (Lipinski definition) is 5. The Balaban J connectivity index is 1.57. The molecular weight excluding hydrogens is 360 g/mol. The van der Waals surface area contributed by atoms with Gasteiger partial charge >= 0.3 is 6.03 Å². The van der Waals surface area contributed by atoms with E-state index in [-0.39, 0.29) is 6.03 Å². The average molecular weight is 373 g/mol. The fraction of sp³-hybridized carbons (Fsp3) is 0.417. The molecule has 1 saturated carbocycles. The molecule has 0 aliphatic heterocycles. The van der Waals surface area contributed by atoms with Crippen molar-refractivity contribution in [2.75, 3.05) is 12.4 Å². The largest absolute Gasteiger partial charge is 0.323 e. The molecule has 0 radical (unpaired) electrons. The normalized spacial score (nSPS) is 14.3. The van der Waals surface area contributed by atoms with Gasteiger partial charge in [-0.1, -0.05) is 11.3 Å². The van der Waals surface area contributed by atoms with E-state index in [1.807, 2.05) is 12.1 Å². The van der Waals surface area contributed by atoms with Crippen molar-refractivity contribution in [3.63, 3.8) is 0 Å². The van der Waals surface area contributed by atoms with E-state index in [0.717, 1.165) is 13.7 Å². The lowest BCUT2D eigenvalue weighted by molar-refractivity contribution is 0.221. The number of hydrogen-bond donors (Lipinski definition) is 1. The molecule has 3 rings (SSSR count). The molecule has 106 valence electrons. The van der Waals surface area contributed by atoms with E-state index in [1.165, 1.54) is 24.2 Å². The van der Waals surface area contributed by atoms with E-state index >= 15 is 0 Å². The van der Waals surface area contributed by atoms with Crippen LogP contribution in [0.3, 0.4) is 0 Å². The molecule has 0 aromatic carbocycles. The number of anilines is 1. The number of carbonyl (C=O) groups is 1. The molecule has 1 N–H and O–H groups in total. The van der Waals surface area contributed by atoms with Crippen LogP contribution in [0.4, 0.5) is 9.93 Å². The highest BCUT2D eigenvalue weighted by Gasteiger charge is 2.27. The van der Waals surface area contributed by atoms with Gasteiger partial charge in [-0.05, 0) is 40.9 Å². The van der Waals surface area contributed by atoms with Crippen molar-refractivity contribution in [2.24, 2.45) is 0 Å². The summed E-state index contributed by atoms with van der Waals surface area (Å²) in [5.74, 6) is 0.569. The number of nitrogens with zero attached hydrogens (tertiary/aromatic N) is 3. The first-order valence-corrected chi connectivity index (χ1v) is 8.64. The van der Waals surface area contributed by atoms with Gasteiger partial charge in [0.05, 0.1) is 10.3 Å². The minimum Gasteiger partial charge on any atom is -0.322 e. The number of halogens is 1. The number of rotatable bonds is 4. The van der Waals surface area contributed by atoms with Crippen LogP contribution < -0.4 is 5.32 Å². The summed E-state index contributed by atoms with van der Waals surface area (Å²) in [5.41, 5.74) is 0. The maximum Gasteiger partial charge on any atom is 0.323 e. The molecule has 1 aliphatic rings. The lowest BCUT2D eigenvalue weighted by atomic mass is 10.4. The topological polar surface area (TPSA) is 58.1 Å². The van der Waals surface area contributed by atoms with Gasteiger partial charge in [-0.2, -0.15) is 0 Å². The molecule has 2 aromatic heterocycles. The van der Waals surface area contributed by atoms with Crippen molar-refractivity contribution in [2.45, 2.75) is 25.3 Å². The number of carbonyl (C=O) groups excluding carboxylic acids is 1. The van der Waals surface area contributed by atoms with Gasteiger partial charge in [0.1, 0.15) is 5.01 Å². The molecule has 0 atom stereocenters. The third-order valence-corrected chi connectivity index (χ3v) is 5.56. The quantitative estimate of drug-likeness (QED) is 0.884. The Bertz CT molecular complexity index is 623. The summed E-state index contributed by atoms with van der Waals surface area (Å²) in [7, 11) is 1.77. The second kappa shape index (κ2) is 5.79. The highest BCUT2D eigenvalue weighted by Crippen LogP contribution is 2.42. The monoisotopic (exact) mass is 372 g/mol. The summed E-state index contributed by atoms with van der Waals surface area (Å²) >= 11 is 6.52. The Kier molecular flexibility index (Phi) is 4.04. The molecule has 1 aliphatic carbocycles. The molecule has 5 nitrogen and oxygen atoms in total. The van der Waals surface area contributed by atoms with Gasteiger partial charge in [-0.15, -0.1) is 21.5 Å². The van der Waals surface area contributed by atoms with Gasteiger partial charge in [-0.25, -0.2) is 4.79 Å². The van der Waals surface area contributed by atoms with Crippen molar-refractivity contribution in [3.8, 4) is 0 Å². The second-order valence-electron chi connectivity index (χ2n) is 4.71. The minimum atomic E-state index is -0.159. The van der Waals surface area contributed by atoms with Crippen LogP contribution in [0, 0.1) is 0 Å². The van der Waals surface area contributed by atoms with Crippen LogP contribution >= 0.6 is 38.6 Å². The van der Waals surface area contributed by atoms with Gasteiger partial charge in [0, 0.05) is 17.8 Å². The summed E-state index contributed by atoms with van der Waals surface area (Å²) in [4.78, 5) is 14.8. The Labute approximate surface area is 133 Å². The fourth-order valence-corrected chi connectivity index (χ4v) is 4.15. The van der Waals surface area contributed by atoms with E-state index < -0.39 is 0 Å². The molecule has 1 fully saturated rings. The van der Waals surface area contributed by atoms with Gasteiger partial charge in [0.25, 0.3) is 0 Å². The van der Waals surface area contributed by atoms with Gasteiger partial charge in [0.15, 0.2) is 0 Å². The SMILES string of the molecule is CN(Cc1ccc(Br)s1)C(=O)Nc1nnc(C2CC2)s1. The van der Waals surface area contributed by atoms with Crippen LogP contribution in [0.2, 0.25) is 0 Å². The molecule has 2 amide bonds. The summed E-state index contributed by atoms with van der Waals surface area (Å²) in [6.45, 7) is 0.580. The standard InChI is InChI=1S/C12H13BrN4OS2/c1-17(6-8-4-5-9(13)19-8)12(18)14-11-16-15-10(20-11)7-2-3-7/h4-5,7H,2-3,6H2,1H3,(H,14,16,18). The van der Waals surface area contributed by atoms with Crippen molar-refractivity contribution >= 4 is 49.8 Å². The van der Waals surface area contributed by atoms with E-state index in [4.69, 9.17) is 0 Å². The molecule has 20 heavy (non-hydrogen) atoms. The first-order chi connectivity index (χ1) is 9.61. The zero-order valence-corrected chi connectivity index (χ0v) is 14.0. The lowest BCUT2D eigenvalue weighted by Gasteiger charge is -2.15. The number of urea groups is 1. The maximum absolute atomic E-state index is 12.1. The minimum absolute atomic E-state index is 0.159. The average Bonchev–Trinajstić information content (AvgIpc) is 3.03. The molecule has 0 spiro atoms. The molecule has 0 bridgehead atoms. The van der Waals surface area contributed by atoms with E-state index in [9.17, 15) is 4.79 Å². The summed E-state index contributed by atoms with van der Waals surface area (Å²) < 4.78 is 1.07. The fourth-order valence-electron chi connectivity index (χ4n) is 1.71. The number of aromatic nitrogens is 2. The predicted octanol–water partition coefficient (Wildman–Crippen LogP) is 3.90. The van der Waals surface area contributed by atoms with Crippen LogP contribution in [0.1, 0.15) is 28.6 Å².